The van der Waals surface area contributed by atoms with E-state index in [1.54, 1.807) is 0 Å². The Hall–Kier alpha value is -0.283. The summed E-state index contributed by atoms with van der Waals surface area (Å²) in [7, 11) is -1.83. The van der Waals surface area contributed by atoms with Gasteiger partial charge in [0.2, 0.25) is 0 Å². The van der Waals surface area contributed by atoms with Gasteiger partial charge in [0, 0.05) is 0 Å². The van der Waals surface area contributed by atoms with Crippen LogP contribution in [0.2, 0.25) is 16.6 Å². The largest absolute Gasteiger partial charge is 0.545 e. The maximum atomic E-state index is 6.70. The molecular formula is C16H33NOSi. The fourth-order valence-electron chi connectivity index (χ4n) is 3.79. The summed E-state index contributed by atoms with van der Waals surface area (Å²) < 4.78 is 6.70. The molecule has 0 aliphatic heterocycles. The van der Waals surface area contributed by atoms with E-state index in [1.165, 1.54) is 0 Å². The van der Waals surface area contributed by atoms with E-state index in [1.807, 2.05) is 0 Å². The van der Waals surface area contributed by atoms with E-state index in [0.29, 0.717) is 22.5 Å². The monoisotopic (exact) mass is 283 g/mol. The Kier molecular flexibility index (Phi) is 5.69. The zero-order chi connectivity index (χ0) is 14.8. The normalized spacial score (nSPS) is 25.1. The molecule has 112 valence electrons. The quantitative estimate of drug-likeness (QED) is 0.734. The van der Waals surface area contributed by atoms with E-state index in [-0.39, 0.29) is 6.04 Å². The lowest BCUT2D eigenvalue weighted by Gasteiger charge is -2.44. The lowest BCUT2D eigenvalue weighted by Crippen LogP contribution is -2.49. The maximum absolute atomic E-state index is 6.70. The van der Waals surface area contributed by atoms with Crippen molar-refractivity contribution in [2.75, 3.05) is 0 Å². The third kappa shape index (κ3) is 3.43. The van der Waals surface area contributed by atoms with Crippen LogP contribution in [0.25, 0.3) is 0 Å². The highest BCUT2D eigenvalue weighted by atomic mass is 28.4. The van der Waals surface area contributed by atoms with Crippen LogP contribution in [0.1, 0.15) is 61.3 Å². The molecule has 0 aromatic carbocycles. The SMILES string of the molecule is CC(C)[Si](OC1=CC[C@H](C)C[C@H]1N)(C(C)C)C(C)C. The second-order valence-corrected chi connectivity index (χ2v) is 12.6. The van der Waals surface area contributed by atoms with Gasteiger partial charge in [-0.1, -0.05) is 48.5 Å². The molecule has 0 bridgehead atoms. The molecule has 0 fully saturated rings. The summed E-state index contributed by atoms with van der Waals surface area (Å²) in [4.78, 5) is 0. The van der Waals surface area contributed by atoms with Gasteiger partial charge in [0.25, 0.3) is 8.32 Å². The highest BCUT2D eigenvalue weighted by molar-refractivity contribution is 6.77. The van der Waals surface area contributed by atoms with Crippen molar-refractivity contribution in [1.29, 1.82) is 0 Å². The molecule has 1 rings (SSSR count). The van der Waals surface area contributed by atoms with Crippen LogP contribution >= 0.6 is 0 Å². The van der Waals surface area contributed by atoms with E-state index in [4.69, 9.17) is 10.2 Å². The first-order chi connectivity index (χ1) is 8.71. The van der Waals surface area contributed by atoms with Crippen molar-refractivity contribution in [2.24, 2.45) is 11.7 Å². The van der Waals surface area contributed by atoms with Crippen LogP contribution in [-0.4, -0.2) is 14.4 Å². The van der Waals surface area contributed by atoms with Crippen LogP contribution in [0.5, 0.6) is 0 Å². The third-order valence-electron chi connectivity index (χ3n) is 4.74. The number of rotatable bonds is 5. The Morgan fingerprint density at radius 2 is 1.58 bits per heavy atom. The minimum atomic E-state index is -1.83. The van der Waals surface area contributed by atoms with Crippen molar-refractivity contribution in [3.8, 4) is 0 Å². The predicted molar refractivity (Wildman–Crippen MR) is 86.6 cm³/mol. The van der Waals surface area contributed by atoms with E-state index in [0.717, 1.165) is 18.6 Å². The highest BCUT2D eigenvalue weighted by Crippen LogP contribution is 2.44. The van der Waals surface area contributed by atoms with Crippen molar-refractivity contribution >= 4 is 8.32 Å². The summed E-state index contributed by atoms with van der Waals surface area (Å²) >= 11 is 0. The first-order valence-electron chi connectivity index (χ1n) is 7.86. The zero-order valence-electron chi connectivity index (χ0n) is 13.9. The van der Waals surface area contributed by atoms with Crippen molar-refractivity contribution in [1.82, 2.24) is 0 Å². The molecule has 0 aromatic rings. The maximum Gasteiger partial charge on any atom is 0.258 e. The molecule has 1 aliphatic rings. The average Bonchev–Trinajstić information content (AvgIpc) is 2.26. The molecule has 0 spiro atoms. The average molecular weight is 284 g/mol. The number of hydrogen-bond donors (Lipinski definition) is 1. The van der Waals surface area contributed by atoms with Gasteiger partial charge in [0.1, 0.15) is 0 Å². The first-order valence-corrected chi connectivity index (χ1v) is 10.00. The van der Waals surface area contributed by atoms with Crippen molar-refractivity contribution < 1.29 is 4.43 Å². The number of nitrogens with two attached hydrogens (primary N) is 1. The summed E-state index contributed by atoms with van der Waals surface area (Å²) in [6.07, 6.45) is 4.43. The molecule has 19 heavy (non-hydrogen) atoms. The van der Waals surface area contributed by atoms with Crippen molar-refractivity contribution in [3.63, 3.8) is 0 Å². The lowest BCUT2D eigenvalue weighted by molar-refractivity contribution is 0.301. The van der Waals surface area contributed by atoms with Gasteiger partial charge < -0.3 is 10.2 Å². The first kappa shape index (κ1) is 16.8. The minimum absolute atomic E-state index is 0.104. The van der Waals surface area contributed by atoms with Gasteiger partial charge in [-0.25, -0.2) is 0 Å². The Bertz CT molecular complexity index is 301. The summed E-state index contributed by atoms with van der Waals surface area (Å²) in [5, 5.41) is 0. The van der Waals surface area contributed by atoms with Crippen LogP contribution in [0, 0.1) is 5.92 Å². The smallest absolute Gasteiger partial charge is 0.258 e. The van der Waals surface area contributed by atoms with Crippen LogP contribution in [-0.2, 0) is 4.43 Å². The summed E-state index contributed by atoms with van der Waals surface area (Å²) in [5.41, 5.74) is 8.14. The van der Waals surface area contributed by atoms with Gasteiger partial charge in [-0.15, -0.1) is 0 Å². The van der Waals surface area contributed by atoms with Gasteiger partial charge in [-0.3, -0.25) is 0 Å². The molecule has 0 saturated heterocycles. The van der Waals surface area contributed by atoms with E-state index in [2.05, 4.69) is 54.5 Å². The molecule has 3 heteroatoms. The number of hydrogen-bond acceptors (Lipinski definition) is 2. The van der Waals surface area contributed by atoms with E-state index in [9.17, 15) is 0 Å². The molecule has 0 aromatic heterocycles. The zero-order valence-corrected chi connectivity index (χ0v) is 14.9. The summed E-state index contributed by atoms with van der Waals surface area (Å²) in [5.74, 6) is 1.77. The Morgan fingerprint density at radius 1 is 1.11 bits per heavy atom. The second-order valence-electron chi connectivity index (χ2n) is 7.21. The van der Waals surface area contributed by atoms with Crippen LogP contribution in [0.15, 0.2) is 11.8 Å². The minimum Gasteiger partial charge on any atom is -0.545 e. The van der Waals surface area contributed by atoms with Crippen LogP contribution < -0.4 is 5.73 Å². The second kappa shape index (κ2) is 6.44. The fourth-order valence-corrected chi connectivity index (χ4v) is 9.14. The van der Waals surface area contributed by atoms with Crippen LogP contribution in [0.4, 0.5) is 0 Å². The van der Waals surface area contributed by atoms with Gasteiger partial charge in [0.05, 0.1) is 11.8 Å². The molecule has 0 unspecified atom stereocenters. The lowest BCUT2D eigenvalue weighted by atomic mass is 9.92. The Balaban J connectivity index is 3.02. The van der Waals surface area contributed by atoms with E-state index >= 15 is 0 Å². The Morgan fingerprint density at radius 3 is 1.95 bits per heavy atom. The summed E-state index contributed by atoms with van der Waals surface area (Å²) in [6.45, 7) is 16.2. The number of allylic oxidation sites excluding steroid dienone is 1. The third-order valence-corrected chi connectivity index (χ3v) is 10.7. The summed E-state index contributed by atoms with van der Waals surface area (Å²) in [6, 6.07) is 0.104. The molecule has 2 nitrogen and oxygen atoms in total. The van der Waals surface area contributed by atoms with Crippen molar-refractivity contribution in [2.45, 2.75) is 84.0 Å². The predicted octanol–water partition coefficient (Wildman–Crippen LogP) is 4.82. The standard InChI is InChI=1S/C16H33NOSi/c1-11(2)19(12(3)4,13(5)6)18-16-9-8-14(7)10-15(16)17/h9,11-15H,8,10,17H2,1-7H3/t14-,15+/m0/s1. The topological polar surface area (TPSA) is 35.2 Å². The molecule has 0 radical (unpaired) electrons. The van der Waals surface area contributed by atoms with Gasteiger partial charge >= 0.3 is 0 Å². The molecule has 0 saturated carbocycles. The molecule has 0 amide bonds. The molecular weight excluding hydrogens is 250 g/mol. The van der Waals surface area contributed by atoms with Gasteiger partial charge in [-0.05, 0) is 41.5 Å². The molecule has 2 atom stereocenters. The fraction of sp³-hybridized carbons (Fsp3) is 0.875. The Labute approximate surface area is 120 Å². The molecule has 1 aliphatic carbocycles. The highest BCUT2D eigenvalue weighted by Gasteiger charge is 2.47. The van der Waals surface area contributed by atoms with Crippen LogP contribution in [0.3, 0.4) is 0 Å². The van der Waals surface area contributed by atoms with Crippen molar-refractivity contribution in [3.05, 3.63) is 11.8 Å². The van der Waals surface area contributed by atoms with E-state index < -0.39 is 8.32 Å². The van der Waals surface area contributed by atoms with Gasteiger partial charge in [0.15, 0.2) is 0 Å². The molecule has 2 N–H and O–H groups in total. The van der Waals surface area contributed by atoms with Gasteiger partial charge in [-0.2, -0.15) is 0 Å². The molecule has 0 heterocycles.